The molecule has 0 aliphatic carbocycles. The third kappa shape index (κ3) is 7.93. The molecule has 0 radical (unpaired) electrons. The van der Waals surface area contributed by atoms with E-state index in [4.69, 9.17) is 11.6 Å². The highest BCUT2D eigenvalue weighted by molar-refractivity contribution is 6.30. The summed E-state index contributed by atoms with van der Waals surface area (Å²) in [5.74, 6) is 0.517. The lowest BCUT2D eigenvalue weighted by Crippen LogP contribution is -2.58. The van der Waals surface area contributed by atoms with Crippen LogP contribution in [0.3, 0.4) is 0 Å². The van der Waals surface area contributed by atoms with E-state index in [0.29, 0.717) is 42.4 Å². The highest BCUT2D eigenvalue weighted by atomic mass is 35.5. The number of likely N-dealkylation sites (tertiary alicyclic amines) is 2. The number of nitrogens with one attached hydrogen (secondary N) is 2. The number of carbonyl (C=O) groups excluding carboxylic acids is 2. The summed E-state index contributed by atoms with van der Waals surface area (Å²) >= 11 is 6.13. The summed E-state index contributed by atoms with van der Waals surface area (Å²) in [5.41, 5.74) is 3.40. The fourth-order valence-corrected chi connectivity index (χ4v) is 7.08. The summed E-state index contributed by atoms with van der Waals surface area (Å²) < 4.78 is 0. The molecule has 2 N–H and O–H groups in total. The topological polar surface area (TPSA) is 67.9 Å². The monoisotopic (exact) mass is 593 g/mol. The standard InChI is InChI=1S/C34H48ClN5O2/c1-24(2)23-40(29-12-16-38(3)17-13-29)30-14-18-39(19-15-30)34(42)32(20-25-8-10-28(35)11-9-25)37-33(41)31-21-26-6-4-5-7-27(26)22-36-31/h4-11,24,29-32,36H,12-23H2,1-3H3,(H,37,41)/t31-,32-/m1/s1. The molecule has 0 bridgehead atoms. The van der Waals surface area contributed by atoms with Crippen molar-refractivity contribution in [1.82, 2.24) is 25.3 Å². The van der Waals surface area contributed by atoms with Crippen LogP contribution in [0.25, 0.3) is 0 Å². The van der Waals surface area contributed by atoms with Gasteiger partial charge in [-0.1, -0.05) is 61.8 Å². The summed E-state index contributed by atoms with van der Waals surface area (Å²) in [5, 5.41) is 7.19. The molecule has 0 unspecified atom stereocenters. The molecule has 0 spiro atoms. The van der Waals surface area contributed by atoms with E-state index in [9.17, 15) is 9.59 Å². The lowest BCUT2D eigenvalue weighted by molar-refractivity contribution is -0.138. The van der Waals surface area contributed by atoms with Gasteiger partial charge < -0.3 is 20.4 Å². The summed E-state index contributed by atoms with van der Waals surface area (Å²) in [6.07, 6.45) is 5.47. The Labute approximate surface area is 257 Å². The van der Waals surface area contributed by atoms with Gasteiger partial charge in [-0.05, 0) is 87.0 Å². The number of nitrogens with zero attached hydrogens (tertiary/aromatic N) is 3. The van der Waals surface area contributed by atoms with Crippen molar-refractivity contribution in [3.05, 3.63) is 70.2 Å². The minimum atomic E-state index is -0.616. The minimum absolute atomic E-state index is 0.0164. The van der Waals surface area contributed by atoms with Crippen LogP contribution in [0, 0.1) is 5.92 Å². The Balaban J connectivity index is 1.25. The van der Waals surface area contributed by atoms with Crippen molar-refractivity contribution in [2.24, 2.45) is 5.92 Å². The number of rotatable bonds is 9. The van der Waals surface area contributed by atoms with Crippen LogP contribution in [0.15, 0.2) is 48.5 Å². The van der Waals surface area contributed by atoms with Gasteiger partial charge in [0.05, 0.1) is 6.04 Å². The Hall–Kier alpha value is -2.45. The van der Waals surface area contributed by atoms with Gasteiger partial charge in [0.2, 0.25) is 11.8 Å². The average molecular weight is 594 g/mol. The minimum Gasteiger partial charge on any atom is -0.343 e. The zero-order chi connectivity index (χ0) is 29.6. The number of fused-ring (bicyclic) bond motifs is 1. The van der Waals surface area contributed by atoms with E-state index in [-0.39, 0.29) is 17.9 Å². The van der Waals surface area contributed by atoms with E-state index in [1.165, 1.54) is 24.0 Å². The second-order valence-corrected chi connectivity index (χ2v) is 13.4. The molecule has 3 aliphatic rings. The quantitative estimate of drug-likeness (QED) is 0.458. The van der Waals surface area contributed by atoms with Crippen LogP contribution >= 0.6 is 11.6 Å². The molecule has 2 saturated heterocycles. The molecule has 2 atom stereocenters. The zero-order valence-electron chi connectivity index (χ0n) is 25.5. The van der Waals surface area contributed by atoms with Crippen LogP contribution in [0.5, 0.6) is 0 Å². The molecule has 3 heterocycles. The molecule has 2 aromatic rings. The maximum atomic E-state index is 14.0. The number of hydrogen-bond donors (Lipinski definition) is 2. The Morgan fingerprint density at radius 2 is 1.57 bits per heavy atom. The Kier molecular flexibility index (Phi) is 10.6. The molecule has 0 saturated carbocycles. The first-order valence-electron chi connectivity index (χ1n) is 15.8. The summed E-state index contributed by atoms with van der Waals surface area (Å²) in [4.78, 5) is 34.7. The van der Waals surface area contributed by atoms with Crippen molar-refractivity contribution >= 4 is 23.4 Å². The van der Waals surface area contributed by atoms with Crippen LogP contribution in [-0.4, -0.2) is 90.5 Å². The summed E-state index contributed by atoms with van der Waals surface area (Å²) in [7, 11) is 2.22. The van der Waals surface area contributed by atoms with Crippen LogP contribution in [-0.2, 0) is 29.0 Å². The number of carbonyl (C=O) groups is 2. The third-order valence-corrected chi connectivity index (χ3v) is 9.60. The smallest absolute Gasteiger partial charge is 0.245 e. The maximum absolute atomic E-state index is 14.0. The van der Waals surface area contributed by atoms with Crippen molar-refractivity contribution in [2.75, 3.05) is 39.8 Å². The molecule has 8 heteroatoms. The SMILES string of the molecule is CC(C)CN(C1CCN(C)CC1)C1CCN(C(=O)[C@@H](Cc2ccc(Cl)cc2)NC(=O)[C@H]2Cc3ccccc3CN2)CC1. The van der Waals surface area contributed by atoms with Gasteiger partial charge in [0.25, 0.3) is 0 Å². The van der Waals surface area contributed by atoms with Crippen molar-refractivity contribution < 1.29 is 9.59 Å². The van der Waals surface area contributed by atoms with E-state index >= 15 is 0 Å². The first-order valence-corrected chi connectivity index (χ1v) is 16.2. The largest absolute Gasteiger partial charge is 0.343 e. The second-order valence-electron chi connectivity index (χ2n) is 13.0. The molecule has 42 heavy (non-hydrogen) atoms. The first-order chi connectivity index (χ1) is 20.3. The number of halogens is 1. The van der Waals surface area contributed by atoms with Gasteiger partial charge in [0.15, 0.2) is 0 Å². The average Bonchev–Trinajstić information content (AvgIpc) is 3.00. The number of amides is 2. The van der Waals surface area contributed by atoms with Gasteiger partial charge in [0, 0.05) is 49.7 Å². The van der Waals surface area contributed by atoms with Crippen molar-refractivity contribution in [3.8, 4) is 0 Å². The van der Waals surface area contributed by atoms with E-state index in [1.54, 1.807) is 0 Å². The third-order valence-electron chi connectivity index (χ3n) is 9.34. The van der Waals surface area contributed by atoms with Gasteiger partial charge in [-0.15, -0.1) is 0 Å². The molecule has 2 fully saturated rings. The first kappa shape index (κ1) is 31.0. The Morgan fingerprint density at radius 3 is 2.21 bits per heavy atom. The zero-order valence-corrected chi connectivity index (χ0v) is 26.3. The van der Waals surface area contributed by atoms with Gasteiger partial charge in [-0.2, -0.15) is 0 Å². The Morgan fingerprint density at radius 1 is 0.952 bits per heavy atom. The molecule has 2 amide bonds. The predicted molar refractivity (Wildman–Crippen MR) is 170 cm³/mol. The molecule has 2 aromatic carbocycles. The molecule has 5 rings (SSSR count). The van der Waals surface area contributed by atoms with E-state index < -0.39 is 6.04 Å². The summed E-state index contributed by atoms with van der Waals surface area (Å²) in [6, 6.07) is 16.0. The number of benzene rings is 2. The lowest BCUT2D eigenvalue weighted by atomic mass is 9.94. The number of hydrogen-bond acceptors (Lipinski definition) is 5. The molecule has 3 aliphatic heterocycles. The number of piperidine rings is 2. The van der Waals surface area contributed by atoms with E-state index in [1.807, 2.05) is 41.3 Å². The van der Waals surface area contributed by atoms with Gasteiger partial charge >= 0.3 is 0 Å². The van der Waals surface area contributed by atoms with Gasteiger partial charge in [0.1, 0.15) is 6.04 Å². The fourth-order valence-electron chi connectivity index (χ4n) is 6.95. The fraction of sp³-hybridized carbons (Fsp3) is 0.588. The highest BCUT2D eigenvalue weighted by Crippen LogP contribution is 2.26. The van der Waals surface area contributed by atoms with E-state index in [0.717, 1.165) is 51.1 Å². The molecule has 228 valence electrons. The lowest BCUT2D eigenvalue weighted by Gasteiger charge is -2.46. The molecular weight excluding hydrogens is 546 g/mol. The second kappa shape index (κ2) is 14.3. The Bertz CT molecular complexity index is 1190. The normalized spacial score (nSPS) is 21.4. The highest BCUT2D eigenvalue weighted by Gasteiger charge is 2.35. The van der Waals surface area contributed by atoms with Crippen LogP contribution in [0.2, 0.25) is 5.02 Å². The van der Waals surface area contributed by atoms with Crippen LogP contribution < -0.4 is 10.6 Å². The van der Waals surface area contributed by atoms with Crippen LogP contribution in [0.1, 0.15) is 56.2 Å². The van der Waals surface area contributed by atoms with Crippen molar-refractivity contribution in [1.29, 1.82) is 0 Å². The maximum Gasteiger partial charge on any atom is 0.245 e. The predicted octanol–water partition coefficient (Wildman–Crippen LogP) is 4.13. The van der Waals surface area contributed by atoms with Crippen molar-refractivity contribution in [2.45, 2.75) is 83.1 Å². The summed E-state index contributed by atoms with van der Waals surface area (Å²) in [6.45, 7) is 10.2. The molecule has 7 nitrogen and oxygen atoms in total. The van der Waals surface area contributed by atoms with Gasteiger partial charge in [-0.25, -0.2) is 0 Å². The van der Waals surface area contributed by atoms with Crippen molar-refractivity contribution in [3.63, 3.8) is 0 Å². The van der Waals surface area contributed by atoms with E-state index in [2.05, 4.69) is 53.5 Å². The van der Waals surface area contributed by atoms with Crippen LogP contribution in [0.4, 0.5) is 0 Å². The molecule has 0 aromatic heterocycles. The van der Waals surface area contributed by atoms with Gasteiger partial charge in [-0.3, -0.25) is 14.5 Å². The molecular formula is C34H48ClN5O2.